The number of nitrogens with two attached hydrogens (primary N) is 1. The van der Waals surface area contributed by atoms with Crippen LogP contribution in [0.5, 0.6) is 0 Å². The summed E-state index contributed by atoms with van der Waals surface area (Å²) in [5.41, 5.74) is 7.97. The molecular formula is C13H17BrN2. The van der Waals surface area contributed by atoms with Gasteiger partial charge in [-0.25, -0.2) is 0 Å². The van der Waals surface area contributed by atoms with Crippen LogP contribution in [0, 0.1) is 12.3 Å². The van der Waals surface area contributed by atoms with Crippen molar-refractivity contribution >= 4 is 15.9 Å². The van der Waals surface area contributed by atoms with Gasteiger partial charge in [0.05, 0.1) is 6.54 Å². The standard InChI is InChI=1S/C13H17BrN2/c1-3-7-16(4-2)10-12-6-5-11(9-15)8-13(12)14/h1,5-6,8H,4,7,9-10,15H2,2H3. The maximum atomic E-state index is 5.59. The van der Waals surface area contributed by atoms with Crippen molar-refractivity contribution < 1.29 is 0 Å². The summed E-state index contributed by atoms with van der Waals surface area (Å²) in [6, 6.07) is 6.23. The average Bonchev–Trinajstić information content (AvgIpc) is 2.30. The molecule has 0 bridgehead atoms. The van der Waals surface area contributed by atoms with Crippen molar-refractivity contribution in [3.05, 3.63) is 33.8 Å². The van der Waals surface area contributed by atoms with Gasteiger partial charge in [0.2, 0.25) is 0 Å². The molecule has 2 N–H and O–H groups in total. The maximum Gasteiger partial charge on any atom is 0.0601 e. The van der Waals surface area contributed by atoms with Crippen LogP contribution in [0.15, 0.2) is 22.7 Å². The molecule has 0 radical (unpaired) electrons. The van der Waals surface area contributed by atoms with Gasteiger partial charge in [0, 0.05) is 17.6 Å². The zero-order valence-electron chi connectivity index (χ0n) is 9.54. The van der Waals surface area contributed by atoms with Gasteiger partial charge in [0.15, 0.2) is 0 Å². The van der Waals surface area contributed by atoms with Crippen molar-refractivity contribution in [3.8, 4) is 12.3 Å². The summed E-state index contributed by atoms with van der Waals surface area (Å²) in [6.45, 7) is 5.18. The number of rotatable bonds is 5. The van der Waals surface area contributed by atoms with Gasteiger partial charge >= 0.3 is 0 Å². The fourth-order valence-corrected chi connectivity index (χ4v) is 2.05. The second-order valence-electron chi connectivity index (χ2n) is 3.64. The molecule has 0 aromatic heterocycles. The van der Waals surface area contributed by atoms with Crippen molar-refractivity contribution in [2.75, 3.05) is 13.1 Å². The van der Waals surface area contributed by atoms with Gasteiger partial charge in [-0.1, -0.05) is 40.9 Å². The number of benzene rings is 1. The molecule has 1 aromatic carbocycles. The first-order chi connectivity index (χ1) is 7.71. The lowest BCUT2D eigenvalue weighted by Gasteiger charge is -2.18. The molecule has 0 fully saturated rings. The second-order valence-corrected chi connectivity index (χ2v) is 4.49. The van der Waals surface area contributed by atoms with Crippen LogP contribution in [0.25, 0.3) is 0 Å². The van der Waals surface area contributed by atoms with E-state index in [1.807, 2.05) is 0 Å². The van der Waals surface area contributed by atoms with Crippen LogP contribution >= 0.6 is 15.9 Å². The number of hydrogen-bond donors (Lipinski definition) is 1. The predicted octanol–water partition coefficient (Wildman–Crippen LogP) is 2.36. The molecule has 0 amide bonds. The van der Waals surface area contributed by atoms with E-state index in [-0.39, 0.29) is 0 Å². The van der Waals surface area contributed by atoms with Crippen molar-refractivity contribution in [1.82, 2.24) is 4.90 Å². The Morgan fingerprint density at radius 3 is 2.75 bits per heavy atom. The van der Waals surface area contributed by atoms with E-state index < -0.39 is 0 Å². The van der Waals surface area contributed by atoms with Gasteiger partial charge in [-0.3, -0.25) is 4.90 Å². The van der Waals surface area contributed by atoms with Crippen LogP contribution in [-0.2, 0) is 13.1 Å². The highest BCUT2D eigenvalue weighted by Gasteiger charge is 2.05. The summed E-state index contributed by atoms with van der Waals surface area (Å²) in [5, 5.41) is 0. The largest absolute Gasteiger partial charge is 0.326 e. The van der Waals surface area contributed by atoms with Crippen LogP contribution in [0.3, 0.4) is 0 Å². The molecule has 86 valence electrons. The van der Waals surface area contributed by atoms with Crippen LogP contribution in [0.4, 0.5) is 0 Å². The molecular weight excluding hydrogens is 264 g/mol. The first-order valence-electron chi connectivity index (χ1n) is 5.34. The molecule has 1 rings (SSSR count). The molecule has 0 saturated heterocycles. The molecule has 0 spiro atoms. The van der Waals surface area contributed by atoms with Gasteiger partial charge in [-0.2, -0.15) is 0 Å². The van der Waals surface area contributed by atoms with E-state index in [2.05, 4.69) is 51.9 Å². The van der Waals surface area contributed by atoms with Gasteiger partial charge in [-0.05, 0) is 23.7 Å². The van der Waals surface area contributed by atoms with E-state index in [1.165, 1.54) is 5.56 Å². The molecule has 1 aromatic rings. The third-order valence-corrected chi connectivity index (χ3v) is 3.25. The third kappa shape index (κ3) is 3.64. The van der Waals surface area contributed by atoms with E-state index in [9.17, 15) is 0 Å². The highest BCUT2D eigenvalue weighted by molar-refractivity contribution is 9.10. The van der Waals surface area contributed by atoms with Gasteiger partial charge < -0.3 is 5.73 Å². The van der Waals surface area contributed by atoms with Crippen LogP contribution in [0.2, 0.25) is 0 Å². The molecule has 16 heavy (non-hydrogen) atoms. The Morgan fingerprint density at radius 1 is 1.50 bits per heavy atom. The summed E-state index contributed by atoms with van der Waals surface area (Å²) in [7, 11) is 0. The summed E-state index contributed by atoms with van der Waals surface area (Å²) in [6.07, 6.45) is 5.32. The molecule has 2 nitrogen and oxygen atoms in total. The lowest BCUT2D eigenvalue weighted by molar-refractivity contribution is 0.315. The van der Waals surface area contributed by atoms with Gasteiger partial charge in [0.1, 0.15) is 0 Å². The Labute approximate surface area is 106 Å². The fraction of sp³-hybridized carbons (Fsp3) is 0.385. The molecule has 0 heterocycles. The highest BCUT2D eigenvalue weighted by atomic mass is 79.9. The first kappa shape index (κ1) is 13.2. The Morgan fingerprint density at radius 2 is 2.25 bits per heavy atom. The minimum absolute atomic E-state index is 0.570. The molecule has 0 aliphatic heterocycles. The summed E-state index contributed by atoms with van der Waals surface area (Å²) < 4.78 is 1.10. The Kier molecular flexibility index (Phi) is 5.54. The summed E-state index contributed by atoms with van der Waals surface area (Å²) >= 11 is 3.56. The fourth-order valence-electron chi connectivity index (χ4n) is 1.50. The molecule has 0 unspecified atom stereocenters. The van der Waals surface area contributed by atoms with Crippen molar-refractivity contribution in [3.63, 3.8) is 0 Å². The summed E-state index contributed by atoms with van der Waals surface area (Å²) in [4.78, 5) is 2.21. The van der Waals surface area contributed by atoms with Crippen molar-refractivity contribution in [1.29, 1.82) is 0 Å². The van der Waals surface area contributed by atoms with Crippen LogP contribution < -0.4 is 5.73 Å². The minimum atomic E-state index is 0.570. The zero-order chi connectivity index (χ0) is 12.0. The average molecular weight is 281 g/mol. The topological polar surface area (TPSA) is 29.3 Å². The Bertz CT molecular complexity index is 382. The minimum Gasteiger partial charge on any atom is -0.326 e. The quantitative estimate of drug-likeness (QED) is 0.840. The summed E-state index contributed by atoms with van der Waals surface area (Å²) in [5.74, 6) is 2.67. The first-order valence-corrected chi connectivity index (χ1v) is 6.13. The number of terminal acetylenes is 1. The predicted molar refractivity (Wildman–Crippen MR) is 71.8 cm³/mol. The SMILES string of the molecule is C#CCN(CC)Cc1ccc(CN)cc1Br. The molecule has 0 saturated carbocycles. The second kappa shape index (κ2) is 6.70. The zero-order valence-corrected chi connectivity index (χ0v) is 11.1. The van der Waals surface area contributed by atoms with Crippen molar-refractivity contribution in [2.45, 2.75) is 20.0 Å². The molecule has 3 heteroatoms. The van der Waals surface area contributed by atoms with E-state index >= 15 is 0 Å². The lowest BCUT2D eigenvalue weighted by atomic mass is 10.1. The normalized spacial score (nSPS) is 10.4. The molecule has 0 atom stereocenters. The van der Waals surface area contributed by atoms with E-state index in [0.29, 0.717) is 13.1 Å². The molecule has 0 aliphatic carbocycles. The number of halogens is 1. The third-order valence-electron chi connectivity index (χ3n) is 2.51. The van der Waals surface area contributed by atoms with E-state index in [1.54, 1.807) is 0 Å². The van der Waals surface area contributed by atoms with Gasteiger partial charge in [0.25, 0.3) is 0 Å². The van der Waals surface area contributed by atoms with Crippen molar-refractivity contribution in [2.24, 2.45) is 5.73 Å². The number of nitrogens with zero attached hydrogens (tertiary/aromatic N) is 1. The number of hydrogen-bond acceptors (Lipinski definition) is 2. The smallest absolute Gasteiger partial charge is 0.0601 e. The monoisotopic (exact) mass is 280 g/mol. The van der Waals surface area contributed by atoms with Crippen LogP contribution in [0.1, 0.15) is 18.1 Å². The van der Waals surface area contributed by atoms with Crippen LogP contribution in [-0.4, -0.2) is 18.0 Å². The van der Waals surface area contributed by atoms with E-state index in [4.69, 9.17) is 12.2 Å². The maximum absolute atomic E-state index is 5.59. The molecule has 0 aliphatic rings. The van der Waals surface area contributed by atoms with E-state index in [0.717, 1.165) is 23.1 Å². The Balaban J connectivity index is 2.77. The van der Waals surface area contributed by atoms with Gasteiger partial charge in [-0.15, -0.1) is 6.42 Å². The Hall–Kier alpha value is -0.820. The lowest BCUT2D eigenvalue weighted by Crippen LogP contribution is -2.23. The highest BCUT2D eigenvalue weighted by Crippen LogP contribution is 2.20.